The Morgan fingerprint density at radius 2 is 2.15 bits per heavy atom. The number of carbonyl (C=O) groups excluding carboxylic acids is 2. The van der Waals surface area contributed by atoms with Gasteiger partial charge in [-0.1, -0.05) is 5.70 Å². The van der Waals surface area contributed by atoms with E-state index in [1.807, 2.05) is 5.48 Å². The Morgan fingerprint density at radius 1 is 1.54 bits per heavy atom. The van der Waals surface area contributed by atoms with E-state index in [0.29, 0.717) is 5.57 Å². The first-order chi connectivity index (χ1) is 6.11. The van der Waals surface area contributed by atoms with Crippen LogP contribution >= 0.6 is 0 Å². The van der Waals surface area contributed by atoms with Gasteiger partial charge in [-0.05, 0) is 13.8 Å². The third kappa shape index (κ3) is 5.02. The van der Waals surface area contributed by atoms with Crippen molar-refractivity contribution in [3.63, 3.8) is 0 Å². The summed E-state index contributed by atoms with van der Waals surface area (Å²) in [5, 5.41) is 0. The molecule has 0 fully saturated rings. The molecular formula is C7H13NO4Si. The van der Waals surface area contributed by atoms with Gasteiger partial charge in [0.05, 0.1) is 6.61 Å². The van der Waals surface area contributed by atoms with Crippen molar-refractivity contribution in [1.29, 1.82) is 0 Å². The number of amides is 1. The highest BCUT2D eigenvalue weighted by molar-refractivity contribution is 6.19. The van der Waals surface area contributed by atoms with Crippen molar-refractivity contribution in [2.75, 3.05) is 6.61 Å². The van der Waals surface area contributed by atoms with Crippen LogP contribution in [0.2, 0.25) is 0 Å². The van der Waals surface area contributed by atoms with E-state index in [2.05, 4.69) is 9.57 Å². The number of hydroxylamine groups is 1. The Bertz CT molecular complexity index is 227. The van der Waals surface area contributed by atoms with Crippen LogP contribution in [0.25, 0.3) is 0 Å². The van der Waals surface area contributed by atoms with Crippen LogP contribution in [0.5, 0.6) is 0 Å². The smallest absolute Gasteiger partial charge is 0.440 e. The zero-order chi connectivity index (χ0) is 10.3. The fourth-order valence-electron chi connectivity index (χ4n) is 0.447. The standard InChI is InChI=1S/C7H13NO4Si/c1-3-11-7(10)8-12-6(9)5(2)4-13/h4H,3H2,1-2,13H3,(H,8,10). The van der Waals surface area contributed by atoms with Gasteiger partial charge in [0.15, 0.2) is 0 Å². The van der Waals surface area contributed by atoms with Gasteiger partial charge in [-0.2, -0.15) is 0 Å². The molecule has 0 aromatic carbocycles. The lowest BCUT2D eigenvalue weighted by Crippen LogP contribution is -2.28. The molecule has 0 aromatic heterocycles. The van der Waals surface area contributed by atoms with E-state index in [1.165, 1.54) is 0 Å². The summed E-state index contributed by atoms with van der Waals surface area (Å²) in [5.41, 5.74) is 4.06. The summed E-state index contributed by atoms with van der Waals surface area (Å²) in [6.45, 7) is 3.51. The third-order valence-corrected chi connectivity index (χ3v) is 2.12. The van der Waals surface area contributed by atoms with Crippen molar-refractivity contribution in [3.05, 3.63) is 11.3 Å². The van der Waals surface area contributed by atoms with Gasteiger partial charge in [-0.25, -0.2) is 9.59 Å². The second-order valence-electron chi connectivity index (χ2n) is 2.18. The minimum Gasteiger partial charge on any atom is -0.448 e. The number of carbonyl (C=O) groups is 2. The molecule has 0 atom stereocenters. The molecule has 0 aromatic rings. The Morgan fingerprint density at radius 3 is 2.62 bits per heavy atom. The predicted molar refractivity (Wildman–Crippen MR) is 49.9 cm³/mol. The fourth-order valence-corrected chi connectivity index (χ4v) is 0.683. The van der Waals surface area contributed by atoms with E-state index < -0.39 is 12.1 Å². The summed E-state index contributed by atoms with van der Waals surface area (Å²) >= 11 is 0. The normalized spacial score (nSPS) is 10.8. The topological polar surface area (TPSA) is 64.6 Å². The fraction of sp³-hybridized carbons (Fsp3) is 0.429. The maximum absolute atomic E-state index is 10.9. The lowest BCUT2D eigenvalue weighted by atomic mass is 10.4. The van der Waals surface area contributed by atoms with Crippen molar-refractivity contribution in [2.24, 2.45) is 0 Å². The Balaban J connectivity index is 3.77. The first kappa shape index (κ1) is 11.7. The van der Waals surface area contributed by atoms with Gasteiger partial charge >= 0.3 is 12.1 Å². The van der Waals surface area contributed by atoms with Gasteiger partial charge in [0.1, 0.15) is 0 Å². The van der Waals surface area contributed by atoms with Crippen molar-refractivity contribution in [2.45, 2.75) is 13.8 Å². The highest BCUT2D eigenvalue weighted by Crippen LogP contribution is 1.92. The van der Waals surface area contributed by atoms with Crippen LogP contribution in [-0.4, -0.2) is 28.9 Å². The van der Waals surface area contributed by atoms with Crippen molar-refractivity contribution in [3.8, 4) is 0 Å². The van der Waals surface area contributed by atoms with Crippen molar-refractivity contribution in [1.82, 2.24) is 5.48 Å². The summed E-state index contributed by atoms with van der Waals surface area (Å²) < 4.78 is 4.47. The molecule has 0 spiro atoms. The molecule has 74 valence electrons. The maximum Gasteiger partial charge on any atom is 0.440 e. The molecule has 0 saturated carbocycles. The Hall–Kier alpha value is -1.30. The van der Waals surface area contributed by atoms with Crippen LogP contribution in [-0.2, 0) is 14.4 Å². The molecular weight excluding hydrogens is 190 g/mol. The first-order valence-corrected chi connectivity index (χ1v) is 5.04. The minimum atomic E-state index is -0.767. The summed E-state index contributed by atoms with van der Waals surface area (Å²) in [7, 11) is 0.769. The quantitative estimate of drug-likeness (QED) is 0.372. The molecule has 0 unspecified atom stereocenters. The van der Waals surface area contributed by atoms with Crippen LogP contribution in [0.4, 0.5) is 4.79 Å². The summed E-state index contributed by atoms with van der Waals surface area (Å²) in [6, 6.07) is 0. The second kappa shape index (κ2) is 6.24. The first-order valence-electron chi connectivity index (χ1n) is 3.88. The largest absolute Gasteiger partial charge is 0.448 e. The Labute approximate surface area is 79.5 Å². The number of hydrogen-bond acceptors (Lipinski definition) is 4. The van der Waals surface area contributed by atoms with Gasteiger partial charge < -0.3 is 9.57 Å². The highest BCUT2D eigenvalue weighted by Gasteiger charge is 2.07. The van der Waals surface area contributed by atoms with E-state index in [-0.39, 0.29) is 6.61 Å². The number of hydrogen-bond donors (Lipinski definition) is 1. The van der Waals surface area contributed by atoms with Gasteiger partial charge in [-0.15, -0.1) is 5.48 Å². The van der Waals surface area contributed by atoms with Crippen molar-refractivity contribution < 1.29 is 19.2 Å². The lowest BCUT2D eigenvalue weighted by molar-refractivity contribution is -0.144. The summed E-state index contributed by atoms with van der Waals surface area (Å²) in [5.74, 6) is -0.567. The lowest BCUT2D eigenvalue weighted by Gasteiger charge is -2.04. The molecule has 0 rings (SSSR count). The highest BCUT2D eigenvalue weighted by atomic mass is 28.1. The average molecular weight is 203 g/mol. The molecule has 0 bridgehead atoms. The molecule has 1 amide bonds. The zero-order valence-electron chi connectivity index (χ0n) is 7.92. The van der Waals surface area contributed by atoms with Gasteiger partial charge in [0.25, 0.3) is 0 Å². The minimum absolute atomic E-state index is 0.235. The molecule has 5 nitrogen and oxygen atoms in total. The van der Waals surface area contributed by atoms with Crippen molar-refractivity contribution >= 4 is 22.3 Å². The number of nitrogens with one attached hydrogen (secondary N) is 1. The molecule has 0 aliphatic rings. The SMILES string of the molecule is CCOC(=O)NOC(=O)C(C)=C[SiH3]. The summed E-state index contributed by atoms with van der Waals surface area (Å²) in [6.07, 6.45) is -0.767. The van der Waals surface area contributed by atoms with E-state index in [9.17, 15) is 9.59 Å². The second-order valence-corrected chi connectivity index (χ2v) is 2.76. The molecule has 1 N–H and O–H groups in total. The molecule has 0 saturated heterocycles. The van der Waals surface area contributed by atoms with Gasteiger partial charge in [0.2, 0.25) is 0 Å². The van der Waals surface area contributed by atoms with E-state index in [0.717, 1.165) is 10.2 Å². The molecule has 6 heteroatoms. The van der Waals surface area contributed by atoms with Crippen LogP contribution in [0.3, 0.4) is 0 Å². The zero-order valence-corrected chi connectivity index (χ0v) is 9.92. The Kier molecular flexibility index (Phi) is 5.61. The number of rotatable bonds is 2. The molecule has 0 aliphatic heterocycles. The number of ether oxygens (including phenoxy) is 1. The monoisotopic (exact) mass is 203 g/mol. The van der Waals surface area contributed by atoms with Crippen LogP contribution in [0.1, 0.15) is 13.8 Å². The maximum atomic E-state index is 10.9. The molecule has 0 aliphatic carbocycles. The third-order valence-electron chi connectivity index (χ3n) is 1.26. The molecule has 0 radical (unpaired) electrons. The molecule has 13 heavy (non-hydrogen) atoms. The molecule has 0 heterocycles. The average Bonchev–Trinajstić information content (AvgIpc) is 2.13. The predicted octanol–water partition coefficient (Wildman–Crippen LogP) is -0.540. The van der Waals surface area contributed by atoms with E-state index in [4.69, 9.17) is 0 Å². The van der Waals surface area contributed by atoms with Crippen LogP contribution in [0.15, 0.2) is 11.3 Å². The van der Waals surface area contributed by atoms with Gasteiger partial charge in [-0.3, -0.25) is 0 Å². The van der Waals surface area contributed by atoms with Gasteiger partial charge in [0, 0.05) is 15.8 Å². The van der Waals surface area contributed by atoms with E-state index >= 15 is 0 Å². The van der Waals surface area contributed by atoms with E-state index in [1.54, 1.807) is 19.5 Å². The van der Waals surface area contributed by atoms with Crippen LogP contribution in [0, 0.1) is 0 Å². The van der Waals surface area contributed by atoms with Crippen LogP contribution < -0.4 is 5.48 Å². The summed E-state index contributed by atoms with van der Waals surface area (Å²) in [4.78, 5) is 26.0.